The maximum absolute atomic E-state index is 14.9. The molecular formula is C44H53NO5S2. The summed E-state index contributed by atoms with van der Waals surface area (Å²) < 4.78 is 31.0. The Kier molecular flexibility index (Phi) is 8.23. The summed E-state index contributed by atoms with van der Waals surface area (Å²) in [5.41, 5.74) is -1.00. The SMILES string of the molecule is CC12CCC(O)CC13C=CC1(C(C(=O)C4CCCCC4)=C3)C2CCC2(C)C1CCC2(O)CN(Cc1cccc2ccccc12)S(=O)(=O)c1cccs1. The van der Waals surface area contributed by atoms with E-state index in [1.807, 2.05) is 30.3 Å². The molecule has 7 aliphatic carbocycles. The first-order chi connectivity index (χ1) is 24.9. The maximum Gasteiger partial charge on any atom is 0.252 e. The molecule has 1 heterocycles. The Morgan fingerprint density at radius 3 is 2.38 bits per heavy atom. The van der Waals surface area contributed by atoms with Crippen molar-refractivity contribution in [2.45, 2.75) is 113 Å². The third-order valence-electron chi connectivity index (χ3n) is 15.7. The number of ketones is 1. The van der Waals surface area contributed by atoms with Gasteiger partial charge in [0.2, 0.25) is 0 Å². The van der Waals surface area contributed by atoms with Crippen LogP contribution in [0.4, 0.5) is 0 Å². The van der Waals surface area contributed by atoms with Gasteiger partial charge in [0.25, 0.3) is 10.0 Å². The van der Waals surface area contributed by atoms with Crippen molar-refractivity contribution < 1.29 is 23.4 Å². The van der Waals surface area contributed by atoms with Gasteiger partial charge in [0, 0.05) is 40.8 Å². The van der Waals surface area contributed by atoms with Gasteiger partial charge in [0.15, 0.2) is 5.78 Å². The van der Waals surface area contributed by atoms with Crippen molar-refractivity contribution in [1.82, 2.24) is 4.31 Å². The van der Waals surface area contributed by atoms with E-state index in [0.717, 1.165) is 79.7 Å². The highest BCUT2D eigenvalue weighted by Gasteiger charge is 2.74. The molecule has 276 valence electrons. The van der Waals surface area contributed by atoms with Crippen LogP contribution in [-0.2, 0) is 21.4 Å². The Morgan fingerprint density at radius 2 is 1.60 bits per heavy atom. The summed E-state index contributed by atoms with van der Waals surface area (Å²) in [4.78, 5) is 14.9. The van der Waals surface area contributed by atoms with Crippen LogP contribution >= 0.6 is 11.3 Å². The molecule has 1 aromatic heterocycles. The summed E-state index contributed by atoms with van der Waals surface area (Å²) >= 11 is 1.22. The number of hydrogen-bond donors (Lipinski definition) is 2. The molecule has 8 unspecified atom stereocenters. The van der Waals surface area contributed by atoms with E-state index in [0.29, 0.717) is 18.6 Å². The fourth-order valence-corrected chi connectivity index (χ4v) is 15.5. The largest absolute Gasteiger partial charge is 0.393 e. The highest BCUT2D eigenvalue weighted by Crippen LogP contribution is 2.78. The number of Topliss-reactive ketones (excluding diaryl/α,β-unsaturated/α-hetero) is 1. The van der Waals surface area contributed by atoms with Crippen molar-refractivity contribution in [2.75, 3.05) is 6.54 Å². The third kappa shape index (κ3) is 4.82. The van der Waals surface area contributed by atoms with Gasteiger partial charge in [-0.2, -0.15) is 4.31 Å². The van der Waals surface area contributed by atoms with Gasteiger partial charge in [0.1, 0.15) is 4.21 Å². The van der Waals surface area contributed by atoms with Crippen LogP contribution in [-0.4, -0.2) is 47.0 Å². The van der Waals surface area contributed by atoms with Gasteiger partial charge in [-0.1, -0.05) is 99.9 Å². The molecule has 0 radical (unpaired) electrons. The summed E-state index contributed by atoms with van der Waals surface area (Å²) in [6.07, 6.45) is 17.1. The fraction of sp³-hybridized carbons (Fsp3) is 0.568. The Morgan fingerprint density at radius 1 is 0.865 bits per heavy atom. The first-order valence-electron chi connectivity index (χ1n) is 19.8. The first kappa shape index (κ1) is 35.1. The number of carbonyl (C=O) groups is 1. The lowest BCUT2D eigenvalue weighted by atomic mass is 9.32. The second kappa shape index (κ2) is 12.2. The van der Waals surface area contributed by atoms with Crippen molar-refractivity contribution >= 4 is 37.9 Å². The minimum Gasteiger partial charge on any atom is -0.393 e. The summed E-state index contributed by atoms with van der Waals surface area (Å²) in [5, 5.41) is 28.1. The minimum absolute atomic E-state index is 0.00304. The molecule has 0 amide bonds. The zero-order valence-electron chi connectivity index (χ0n) is 30.6. The summed E-state index contributed by atoms with van der Waals surface area (Å²) in [7, 11) is -3.93. The molecule has 4 saturated carbocycles. The van der Waals surface area contributed by atoms with E-state index in [9.17, 15) is 23.4 Å². The van der Waals surface area contributed by atoms with Crippen LogP contribution in [0.2, 0.25) is 0 Å². The molecule has 8 heteroatoms. The van der Waals surface area contributed by atoms with Crippen molar-refractivity contribution in [2.24, 2.45) is 39.4 Å². The topological polar surface area (TPSA) is 94.9 Å². The first-order valence-corrected chi connectivity index (χ1v) is 22.1. The number of thiophene rings is 1. The lowest BCUT2D eigenvalue weighted by molar-refractivity contribution is -0.177. The number of fused-ring (bicyclic) bond motifs is 2. The molecule has 4 fully saturated rings. The predicted octanol–water partition coefficient (Wildman–Crippen LogP) is 8.83. The van der Waals surface area contributed by atoms with Gasteiger partial charge < -0.3 is 10.2 Å². The average Bonchev–Trinajstić information content (AvgIpc) is 3.79. The van der Waals surface area contributed by atoms with Crippen LogP contribution in [0.25, 0.3) is 10.8 Å². The highest BCUT2D eigenvalue weighted by atomic mass is 32.2. The molecule has 52 heavy (non-hydrogen) atoms. The average molecular weight is 740 g/mol. The lowest BCUT2D eigenvalue weighted by Crippen LogP contribution is -2.67. The van der Waals surface area contributed by atoms with Crippen molar-refractivity contribution in [3.05, 3.63) is 89.3 Å². The van der Waals surface area contributed by atoms with E-state index < -0.39 is 26.5 Å². The standard InChI is InChI=1S/C44H53NO5S2/c1-40-20-17-33(46)26-42(40)23-24-44(35(27-42)39(47)31-11-4-3-5-12-31)36(40)18-21-41(2)37(44)19-22-43(41,48)29-45(52(49,50)38-16-9-25-51-38)28-32-14-8-13-30-10-6-7-15-34(30)32/h6-10,13-16,23-25,27,31,33,36-37,46,48H,3-5,11-12,17-22,26,28-29H2,1-2H3. The molecule has 2 aromatic carbocycles. The van der Waals surface area contributed by atoms with Gasteiger partial charge in [-0.15, -0.1) is 11.3 Å². The van der Waals surface area contributed by atoms with E-state index in [4.69, 9.17) is 0 Å². The molecule has 8 atom stereocenters. The number of sulfonamides is 1. The fourth-order valence-electron chi connectivity index (χ4n) is 12.9. The Bertz CT molecular complexity index is 2060. The molecule has 10 rings (SSSR count). The van der Waals surface area contributed by atoms with Crippen LogP contribution in [0.15, 0.2) is 88.0 Å². The Labute approximate surface area is 313 Å². The summed E-state index contributed by atoms with van der Waals surface area (Å²) in [6.45, 7) is 4.79. The number of aliphatic hydroxyl groups excluding tert-OH is 1. The number of rotatable bonds is 8. The molecular weight excluding hydrogens is 687 g/mol. The summed E-state index contributed by atoms with van der Waals surface area (Å²) in [5.74, 6) is 0.546. The molecule has 0 aliphatic heterocycles. The predicted molar refractivity (Wildman–Crippen MR) is 206 cm³/mol. The molecule has 2 N–H and O–H groups in total. The van der Waals surface area contributed by atoms with Gasteiger partial charge in [0.05, 0.1) is 11.7 Å². The van der Waals surface area contributed by atoms with Crippen LogP contribution in [0, 0.1) is 39.4 Å². The van der Waals surface area contributed by atoms with Gasteiger partial charge >= 0.3 is 0 Å². The normalized spacial score (nSPS) is 38.6. The smallest absolute Gasteiger partial charge is 0.252 e. The number of hydrogen-bond acceptors (Lipinski definition) is 6. The number of carbonyl (C=O) groups excluding carboxylic acids is 1. The maximum atomic E-state index is 14.9. The second-order valence-corrected chi connectivity index (χ2v) is 21.0. The van der Waals surface area contributed by atoms with Crippen molar-refractivity contribution in [1.29, 1.82) is 0 Å². The molecule has 3 aromatic rings. The Balaban J connectivity index is 1.14. The van der Waals surface area contributed by atoms with E-state index in [-0.39, 0.29) is 52.0 Å². The van der Waals surface area contributed by atoms with E-state index in [2.05, 4.69) is 44.2 Å². The van der Waals surface area contributed by atoms with E-state index in [1.54, 1.807) is 21.8 Å². The molecule has 2 bridgehead atoms. The molecule has 2 spiro atoms. The quantitative estimate of drug-likeness (QED) is 0.225. The molecule has 7 aliphatic rings. The zero-order chi connectivity index (χ0) is 36.1. The van der Waals surface area contributed by atoms with Gasteiger partial charge in [-0.05, 0) is 103 Å². The van der Waals surface area contributed by atoms with Crippen molar-refractivity contribution in [3.8, 4) is 0 Å². The van der Waals surface area contributed by atoms with E-state index in [1.165, 1.54) is 17.8 Å². The highest BCUT2D eigenvalue weighted by molar-refractivity contribution is 7.91. The number of allylic oxidation sites excluding steroid dienone is 4. The molecule has 0 saturated heterocycles. The molecule has 6 nitrogen and oxygen atoms in total. The third-order valence-corrected chi connectivity index (χ3v) is 18.9. The van der Waals surface area contributed by atoms with Crippen LogP contribution in [0.3, 0.4) is 0 Å². The minimum atomic E-state index is -3.93. The van der Waals surface area contributed by atoms with Crippen molar-refractivity contribution in [3.63, 3.8) is 0 Å². The lowest BCUT2D eigenvalue weighted by Gasteiger charge is -2.71. The number of benzene rings is 2. The second-order valence-electron chi connectivity index (χ2n) is 17.9. The number of nitrogens with zero attached hydrogens (tertiary/aromatic N) is 1. The van der Waals surface area contributed by atoms with Crippen LogP contribution in [0.5, 0.6) is 0 Å². The van der Waals surface area contributed by atoms with Gasteiger partial charge in [-0.25, -0.2) is 8.42 Å². The Hall–Kier alpha value is -2.62. The van der Waals surface area contributed by atoms with Gasteiger partial charge in [-0.3, -0.25) is 4.79 Å². The number of aliphatic hydroxyl groups is 2. The monoisotopic (exact) mass is 739 g/mol. The van der Waals surface area contributed by atoms with Crippen LogP contribution < -0.4 is 0 Å². The van der Waals surface area contributed by atoms with E-state index >= 15 is 0 Å². The van der Waals surface area contributed by atoms with Crippen LogP contribution in [0.1, 0.15) is 96.5 Å². The zero-order valence-corrected chi connectivity index (χ0v) is 32.2. The summed E-state index contributed by atoms with van der Waals surface area (Å²) in [6, 6.07) is 17.6.